The highest BCUT2D eigenvalue weighted by molar-refractivity contribution is 5.97. The summed E-state index contributed by atoms with van der Waals surface area (Å²) in [4.78, 5) is 25.7. The van der Waals surface area contributed by atoms with Crippen LogP contribution in [0, 0.1) is 0 Å². The Hall–Kier alpha value is -1.84. The largest absolute Gasteiger partial charge is 0.350 e. The first kappa shape index (κ1) is 11.3. The van der Waals surface area contributed by atoms with Gasteiger partial charge in [0.05, 0.1) is 6.04 Å². The number of rotatable bonds is 1. The highest BCUT2D eigenvalue weighted by atomic mass is 16.2. The van der Waals surface area contributed by atoms with Crippen molar-refractivity contribution in [3.8, 4) is 0 Å². The molecule has 1 N–H and O–H groups in total. The Kier molecular flexibility index (Phi) is 2.58. The second kappa shape index (κ2) is 4.12. The lowest BCUT2D eigenvalue weighted by Gasteiger charge is -2.40. The molecule has 0 aliphatic carbocycles. The SMILES string of the molecule is CCC(=O)N1CCc2cccc3c2C1CNC3=O. The summed E-state index contributed by atoms with van der Waals surface area (Å²) in [6.45, 7) is 3.17. The molecule has 0 bridgehead atoms. The van der Waals surface area contributed by atoms with Crippen LogP contribution in [0.3, 0.4) is 0 Å². The Morgan fingerprint density at radius 2 is 2.33 bits per heavy atom. The molecule has 94 valence electrons. The third-order valence-electron chi connectivity index (χ3n) is 3.85. The molecule has 2 amide bonds. The molecule has 2 aliphatic heterocycles. The molecule has 0 saturated carbocycles. The number of carbonyl (C=O) groups excluding carboxylic acids is 2. The van der Waals surface area contributed by atoms with Crippen molar-refractivity contribution in [1.29, 1.82) is 0 Å². The van der Waals surface area contributed by atoms with Gasteiger partial charge in [-0.3, -0.25) is 9.59 Å². The van der Waals surface area contributed by atoms with E-state index in [1.807, 2.05) is 24.0 Å². The molecule has 2 aliphatic rings. The summed E-state index contributed by atoms with van der Waals surface area (Å²) in [6.07, 6.45) is 1.36. The van der Waals surface area contributed by atoms with Gasteiger partial charge in [0.15, 0.2) is 0 Å². The van der Waals surface area contributed by atoms with E-state index in [9.17, 15) is 9.59 Å². The van der Waals surface area contributed by atoms with E-state index in [1.165, 1.54) is 5.56 Å². The minimum atomic E-state index is -0.0195. The molecule has 1 unspecified atom stereocenters. The maximum Gasteiger partial charge on any atom is 0.251 e. The zero-order chi connectivity index (χ0) is 12.7. The molecular weight excluding hydrogens is 228 g/mol. The summed E-state index contributed by atoms with van der Waals surface area (Å²) < 4.78 is 0. The van der Waals surface area contributed by atoms with Gasteiger partial charge in [0.25, 0.3) is 5.91 Å². The fourth-order valence-corrected chi connectivity index (χ4v) is 2.97. The van der Waals surface area contributed by atoms with Crippen molar-refractivity contribution >= 4 is 11.8 Å². The van der Waals surface area contributed by atoms with Crippen molar-refractivity contribution in [1.82, 2.24) is 10.2 Å². The molecule has 1 aromatic carbocycles. The Labute approximate surface area is 106 Å². The Balaban J connectivity index is 2.09. The number of hydrogen-bond acceptors (Lipinski definition) is 2. The van der Waals surface area contributed by atoms with Gasteiger partial charge in [-0.05, 0) is 23.6 Å². The third kappa shape index (κ3) is 1.52. The van der Waals surface area contributed by atoms with Crippen molar-refractivity contribution in [2.75, 3.05) is 13.1 Å². The van der Waals surface area contributed by atoms with Gasteiger partial charge in [-0.25, -0.2) is 0 Å². The van der Waals surface area contributed by atoms with Crippen LogP contribution in [0.1, 0.15) is 40.9 Å². The van der Waals surface area contributed by atoms with E-state index in [0.717, 1.165) is 24.1 Å². The van der Waals surface area contributed by atoms with Gasteiger partial charge >= 0.3 is 0 Å². The molecule has 18 heavy (non-hydrogen) atoms. The molecule has 2 heterocycles. The van der Waals surface area contributed by atoms with E-state index in [-0.39, 0.29) is 17.9 Å². The quantitative estimate of drug-likeness (QED) is 0.808. The monoisotopic (exact) mass is 244 g/mol. The Bertz CT molecular complexity index is 525. The first-order chi connectivity index (χ1) is 8.72. The normalized spacial score (nSPS) is 21.3. The summed E-state index contributed by atoms with van der Waals surface area (Å²) in [5.41, 5.74) is 3.01. The van der Waals surface area contributed by atoms with E-state index in [0.29, 0.717) is 13.0 Å². The van der Waals surface area contributed by atoms with Gasteiger partial charge in [0.1, 0.15) is 0 Å². The number of benzene rings is 1. The summed E-state index contributed by atoms with van der Waals surface area (Å²) in [5, 5.41) is 2.88. The van der Waals surface area contributed by atoms with Gasteiger partial charge in [0.2, 0.25) is 5.91 Å². The summed E-state index contributed by atoms with van der Waals surface area (Å²) in [6, 6.07) is 5.86. The average Bonchev–Trinajstić information content (AvgIpc) is 2.42. The first-order valence-corrected chi connectivity index (χ1v) is 6.41. The van der Waals surface area contributed by atoms with Gasteiger partial charge in [-0.1, -0.05) is 19.1 Å². The molecule has 0 saturated heterocycles. The van der Waals surface area contributed by atoms with Crippen LogP contribution in [0.5, 0.6) is 0 Å². The zero-order valence-electron chi connectivity index (χ0n) is 10.4. The van der Waals surface area contributed by atoms with Crippen LogP contribution in [0.15, 0.2) is 18.2 Å². The molecular formula is C14H16N2O2. The second-order valence-electron chi connectivity index (χ2n) is 4.79. The Morgan fingerprint density at radius 1 is 1.50 bits per heavy atom. The third-order valence-corrected chi connectivity index (χ3v) is 3.85. The van der Waals surface area contributed by atoms with Crippen LogP contribution in [0.4, 0.5) is 0 Å². The number of nitrogens with zero attached hydrogens (tertiary/aromatic N) is 1. The molecule has 3 rings (SSSR count). The lowest BCUT2D eigenvalue weighted by Crippen LogP contribution is -2.48. The summed E-state index contributed by atoms with van der Waals surface area (Å²) in [7, 11) is 0. The fourth-order valence-electron chi connectivity index (χ4n) is 2.97. The number of carbonyl (C=O) groups is 2. The molecule has 4 nitrogen and oxygen atoms in total. The van der Waals surface area contributed by atoms with Gasteiger partial charge in [-0.15, -0.1) is 0 Å². The van der Waals surface area contributed by atoms with Gasteiger partial charge < -0.3 is 10.2 Å². The Morgan fingerprint density at radius 3 is 3.11 bits per heavy atom. The summed E-state index contributed by atoms with van der Waals surface area (Å²) in [5.74, 6) is 0.144. The molecule has 0 spiro atoms. The maximum atomic E-state index is 12.0. The van der Waals surface area contributed by atoms with Crippen LogP contribution in [0.2, 0.25) is 0 Å². The average molecular weight is 244 g/mol. The highest BCUT2D eigenvalue weighted by Crippen LogP contribution is 2.34. The van der Waals surface area contributed by atoms with Crippen LogP contribution in [-0.4, -0.2) is 29.8 Å². The molecule has 1 aromatic rings. The van der Waals surface area contributed by atoms with E-state index in [4.69, 9.17) is 0 Å². The lowest BCUT2D eigenvalue weighted by atomic mass is 9.86. The van der Waals surface area contributed by atoms with Crippen molar-refractivity contribution in [3.05, 3.63) is 34.9 Å². The van der Waals surface area contributed by atoms with Crippen molar-refractivity contribution in [2.45, 2.75) is 25.8 Å². The smallest absolute Gasteiger partial charge is 0.251 e. The topological polar surface area (TPSA) is 49.4 Å². The van der Waals surface area contributed by atoms with E-state index < -0.39 is 0 Å². The minimum Gasteiger partial charge on any atom is -0.350 e. The molecule has 0 aromatic heterocycles. The van der Waals surface area contributed by atoms with Gasteiger partial charge in [-0.2, -0.15) is 0 Å². The second-order valence-corrected chi connectivity index (χ2v) is 4.79. The van der Waals surface area contributed by atoms with Crippen LogP contribution in [-0.2, 0) is 11.2 Å². The molecule has 4 heteroatoms. The summed E-state index contributed by atoms with van der Waals surface area (Å²) >= 11 is 0. The standard InChI is InChI=1S/C14H16N2O2/c1-2-12(17)16-7-6-9-4-3-5-10-13(9)11(16)8-15-14(10)18/h3-5,11H,2,6-8H2,1H3,(H,15,18). The molecule has 0 radical (unpaired) electrons. The van der Waals surface area contributed by atoms with Crippen LogP contribution in [0.25, 0.3) is 0 Å². The predicted octanol–water partition coefficient (Wildman–Crippen LogP) is 1.27. The van der Waals surface area contributed by atoms with E-state index in [1.54, 1.807) is 0 Å². The van der Waals surface area contributed by atoms with Gasteiger partial charge in [0, 0.05) is 25.1 Å². The predicted molar refractivity (Wildman–Crippen MR) is 67.2 cm³/mol. The molecule has 1 atom stereocenters. The fraction of sp³-hybridized carbons (Fsp3) is 0.429. The van der Waals surface area contributed by atoms with E-state index in [2.05, 4.69) is 11.4 Å². The van der Waals surface area contributed by atoms with Crippen molar-refractivity contribution < 1.29 is 9.59 Å². The number of hydrogen-bond donors (Lipinski definition) is 1. The first-order valence-electron chi connectivity index (χ1n) is 6.41. The number of amides is 2. The van der Waals surface area contributed by atoms with Crippen molar-refractivity contribution in [3.63, 3.8) is 0 Å². The van der Waals surface area contributed by atoms with Crippen molar-refractivity contribution in [2.24, 2.45) is 0 Å². The minimum absolute atomic E-state index is 0.0195. The molecule has 0 fully saturated rings. The van der Waals surface area contributed by atoms with Crippen LogP contribution >= 0.6 is 0 Å². The maximum absolute atomic E-state index is 12.0. The van der Waals surface area contributed by atoms with E-state index >= 15 is 0 Å². The number of nitrogens with one attached hydrogen (secondary N) is 1. The highest BCUT2D eigenvalue weighted by Gasteiger charge is 2.36. The lowest BCUT2D eigenvalue weighted by molar-refractivity contribution is -0.133. The van der Waals surface area contributed by atoms with Crippen LogP contribution < -0.4 is 5.32 Å². The zero-order valence-corrected chi connectivity index (χ0v) is 10.4.